The first-order valence-corrected chi connectivity index (χ1v) is 10.9. The van der Waals surface area contributed by atoms with Crippen molar-refractivity contribution in [2.24, 2.45) is 0 Å². The Kier molecular flexibility index (Phi) is 6.95. The highest BCUT2D eigenvalue weighted by atomic mass is 16.5. The molecule has 1 N–H and O–H groups in total. The lowest BCUT2D eigenvalue weighted by Crippen LogP contribution is -2.29. The van der Waals surface area contributed by atoms with Gasteiger partial charge in [-0.2, -0.15) is 4.98 Å². The van der Waals surface area contributed by atoms with E-state index in [1.165, 1.54) is 14.2 Å². The predicted molar refractivity (Wildman–Crippen MR) is 122 cm³/mol. The van der Waals surface area contributed by atoms with Gasteiger partial charge in [0.2, 0.25) is 11.7 Å². The van der Waals surface area contributed by atoms with Crippen LogP contribution in [0.5, 0.6) is 17.2 Å². The first-order chi connectivity index (χ1) is 16.5. The average Bonchev–Trinajstić information content (AvgIpc) is 3.54. The molecule has 1 aromatic heterocycles. The van der Waals surface area contributed by atoms with Crippen molar-refractivity contribution in [1.82, 2.24) is 15.0 Å². The van der Waals surface area contributed by atoms with Crippen LogP contribution >= 0.6 is 0 Å². The summed E-state index contributed by atoms with van der Waals surface area (Å²) in [7, 11) is 3.00. The van der Waals surface area contributed by atoms with Crippen LogP contribution in [0.25, 0.3) is 0 Å². The minimum atomic E-state index is -0.372. The number of methoxy groups -OCH3 is 2. The molecule has 0 atom stereocenters. The third-order valence-corrected chi connectivity index (χ3v) is 5.45. The molecular formula is C24H26N4O6. The maximum atomic E-state index is 13.1. The highest BCUT2D eigenvalue weighted by molar-refractivity contribution is 6.09. The largest absolute Gasteiger partial charge is 0.493 e. The normalized spacial score (nSPS) is 13.0. The molecule has 4 rings (SSSR count). The van der Waals surface area contributed by atoms with E-state index in [2.05, 4.69) is 15.5 Å². The average molecular weight is 466 g/mol. The maximum absolute atomic E-state index is 13.1. The van der Waals surface area contributed by atoms with Crippen molar-refractivity contribution in [2.45, 2.75) is 26.4 Å². The minimum absolute atomic E-state index is 0.149. The summed E-state index contributed by atoms with van der Waals surface area (Å²) in [5.74, 6) is 1.75. The van der Waals surface area contributed by atoms with Crippen molar-refractivity contribution in [2.75, 3.05) is 32.6 Å². The second-order valence-electron chi connectivity index (χ2n) is 7.75. The third-order valence-electron chi connectivity index (χ3n) is 5.45. The fourth-order valence-electron chi connectivity index (χ4n) is 3.69. The number of nitrogens with zero attached hydrogens (tertiary/aromatic N) is 3. The summed E-state index contributed by atoms with van der Waals surface area (Å²) in [5, 5.41) is 6.62. The zero-order valence-electron chi connectivity index (χ0n) is 19.3. The van der Waals surface area contributed by atoms with Crippen molar-refractivity contribution >= 4 is 17.5 Å². The molecule has 2 amide bonds. The highest BCUT2D eigenvalue weighted by Gasteiger charge is 2.25. The van der Waals surface area contributed by atoms with E-state index in [0.717, 1.165) is 12.8 Å². The van der Waals surface area contributed by atoms with Gasteiger partial charge in [-0.3, -0.25) is 9.59 Å². The van der Waals surface area contributed by atoms with Crippen molar-refractivity contribution < 1.29 is 28.3 Å². The number of carbonyl (C=O) groups is 2. The number of nitrogens with one attached hydrogen (secondary N) is 1. The molecule has 1 aliphatic rings. The lowest BCUT2D eigenvalue weighted by atomic mass is 10.1. The second-order valence-corrected chi connectivity index (χ2v) is 7.75. The molecule has 34 heavy (non-hydrogen) atoms. The van der Waals surface area contributed by atoms with Crippen LogP contribution in [0.1, 0.15) is 45.3 Å². The van der Waals surface area contributed by atoms with E-state index in [0.29, 0.717) is 58.9 Å². The molecule has 3 aromatic rings. The molecule has 0 spiro atoms. The zero-order valence-corrected chi connectivity index (χ0v) is 19.3. The van der Waals surface area contributed by atoms with Crippen LogP contribution in [0, 0.1) is 6.92 Å². The van der Waals surface area contributed by atoms with Crippen LogP contribution in [-0.2, 0) is 6.61 Å². The van der Waals surface area contributed by atoms with Crippen molar-refractivity contribution in [1.29, 1.82) is 0 Å². The van der Waals surface area contributed by atoms with E-state index in [4.69, 9.17) is 18.7 Å². The molecule has 0 aliphatic carbocycles. The summed E-state index contributed by atoms with van der Waals surface area (Å²) in [6, 6.07) is 9.82. The molecule has 0 bridgehead atoms. The fraction of sp³-hybridized carbons (Fsp3) is 0.333. The quantitative estimate of drug-likeness (QED) is 0.537. The Morgan fingerprint density at radius 1 is 1.06 bits per heavy atom. The number of rotatable bonds is 8. The molecule has 10 nitrogen and oxygen atoms in total. The number of anilines is 1. The number of hydrogen-bond donors (Lipinski definition) is 1. The lowest BCUT2D eigenvalue weighted by molar-refractivity contribution is 0.0793. The first kappa shape index (κ1) is 23.1. The number of hydrogen-bond acceptors (Lipinski definition) is 8. The van der Waals surface area contributed by atoms with E-state index in [-0.39, 0.29) is 18.4 Å². The molecule has 0 saturated carbocycles. The van der Waals surface area contributed by atoms with E-state index in [1.807, 2.05) is 0 Å². The monoisotopic (exact) mass is 466 g/mol. The number of carbonyl (C=O) groups excluding carboxylic acids is 2. The van der Waals surface area contributed by atoms with Crippen LogP contribution in [0.15, 0.2) is 40.9 Å². The van der Waals surface area contributed by atoms with Gasteiger partial charge >= 0.3 is 0 Å². The van der Waals surface area contributed by atoms with E-state index >= 15 is 0 Å². The van der Waals surface area contributed by atoms with Crippen molar-refractivity contribution in [3.63, 3.8) is 0 Å². The van der Waals surface area contributed by atoms with Gasteiger partial charge in [-0.15, -0.1) is 0 Å². The van der Waals surface area contributed by atoms with Crippen LogP contribution in [0.2, 0.25) is 0 Å². The predicted octanol–water partition coefficient (Wildman–Crippen LogP) is 3.46. The van der Waals surface area contributed by atoms with E-state index < -0.39 is 0 Å². The molecule has 0 unspecified atom stereocenters. The van der Waals surface area contributed by atoms with Crippen LogP contribution in [0.4, 0.5) is 5.69 Å². The Bertz CT molecular complexity index is 1170. The molecule has 1 aliphatic heterocycles. The Labute approximate surface area is 196 Å². The Balaban J connectivity index is 1.51. The fourth-order valence-corrected chi connectivity index (χ4v) is 3.69. The maximum Gasteiger partial charge on any atom is 0.256 e. The van der Waals surface area contributed by atoms with E-state index in [1.54, 1.807) is 48.2 Å². The van der Waals surface area contributed by atoms with Gasteiger partial charge in [0.05, 0.1) is 25.5 Å². The molecule has 0 radical (unpaired) electrons. The topological polar surface area (TPSA) is 116 Å². The highest BCUT2D eigenvalue weighted by Crippen LogP contribution is 2.34. The Morgan fingerprint density at radius 2 is 1.74 bits per heavy atom. The molecule has 2 aromatic carbocycles. The lowest BCUT2D eigenvalue weighted by Gasteiger charge is -2.20. The van der Waals surface area contributed by atoms with Gasteiger partial charge in [0, 0.05) is 31.6 Å². The van der Waals surface area contributed by atoms with Gasteiger partial charge in [0.15, 0.2) is 18.1 Å². The van der Waals surface area contributed by atoms with Gasteiger partial charge in [-0.1, -0.05) is 5.16 Å². The molecule has 10 heteroatoms. The molecular weight excluding hydrogens is 440 g/mol. The minimum Gasteiger partial charge on any atom is -0.493 e. The first-order valence-electron chi connectivity index (χ1n) is 10.9. The number of aromatic nitrogens is 2. The summed E-state index contributed by atoms with van der Waals surface area (Å²) in [5.41, 5.74) is 1.10. The zero-order chi connectivity index (χ0) is 24.1. The summed E-state index contributed by atoms with van der Waals surface area (Å²) < 4.78 is 21.3. The van der Waals surface area contributed by atoms with Crippen LogP contribution in [-0.4, -0.2) is 54.2 Å². The van der Waals surface area contributed by atoms with Gasteiger partial charge in [0.25, 0.3) is 11.8 Å². The van der Waals surface area contributed by atoms with Gasteiger partial charge in [-0.25, -0.2) is 0 Å². The second kappa shape index (κ2) is 10.2. The Hall–Kier alpha value is -4.08. The third kappa shape index (κ3) is 5.11. The van der Waals surface area contributed by atoms with Crippen LogP contribution < -0.4 is 19.5 Å². The number of amides is 2. The summed E-state index contributed by atoms with van der Waals surface area (Å²) in [6.45, 7) is 3.22. The van der Waals surface area contributed by atoms with Gasteiger partial charge in [-0.05, 0) is 43.2 Å². The van der Waals surface area contributed by atoms with Crippen molar-refractivity contribution in [3.8, 4) is 17.2 Å². The SMILES string of the molecule is COc1cc(NC(=O)c2ccc(OCc3noc(C)n3)cc2)c(C(=O)N2CCCC2)cc1OC. The number of benzene rings is 2. The smallest absolute Gasteiger partial charge is 0.256 e. The molecule has 1 fully saturated rings. The standard InChI is InChI=1S/C24H26N4O6/c1-15-25-22(27-34-15)14-33-17-8-6-16(7-9-17)23(29)26-19-13-21(32-3)20(31-2)12-18(19)24(30)28-10-4-5-11-28/h6-9,12-13H,4-5,10-11,14H2,1-3H3,(H,26,29). The summed E-state index contributed by atoms with van der Waals surface area (Å²) in [6.07, 6.45) is 1.92. The summed E-state index contributed by atoms with van der Waals surface area (Å²) >= 11 is 0. The van der Waals surface area contributed by atoms with Gasteiger partial charge < -0.3 is 29.0 Å². The van der Waals surface area contributed by atoms with Crippen molar-refractivity contribution in [3.05, 3.63) is 59.2 Å². The molecule has 178 valence electrons. The van der Waals surface area contributed by atoms with E-state index in [9.17, 15) is 9.59 Å². The number of ether oxygens (including phenoxy) is 3. The Morgan fingerprint density at radius 3 is 2.35 bits per heavy atom. The molecule has 2 heterocycles. The van der Waals surface area contributed by atoms with Crippen LogP contribution in [0.3, 0.4) is 0 Å². The van der Waals surface area contributed by atoms with Gasteiger partial charge in [0.1, 0.15) is 5.75 Å². The summed E-state index contributed by atoms with van der Waals surface area (Å²) in [4.78, 5) is 32.0. The number of likely N-dealkylation sites (tertiary alicyclic amines) is 1. The molecule has 1 saturated heterocycles. The number of aryl methyl sites for hydroxylation is 1.